The molecule has 0 bridgehead atoms. The fraction of sp³-hybridized carbons (Fsp3) is 0.250. The van der Waals surface area contributed by atoms with Gasteiger partial charge >= 0.3 is 0 Å². The molecule has 0 saturated carbocycles. The van der Waals surface area contributed by atoms with Crippen LogP contribution in [0.2, 0.25) is 0 Å². The number of hydrogen-bond donors (Lipinski definition) is 2. The molecule has 5 heteroatoms. The van der Waals surface area contributed by atoms with Crippen molar-refractivity contribution in [1.29, 1.82) is 5.26 Å². The van der Waals surface area contributed by atoms with Gasteiger partial charge in [0, 0.05) is 6.54 Å². The third-order valence-electron chi connectivity index (χ3n) is 4.00. The standard InChI is InChI=1S/C20H21N3O2/c1-14-8-10-15(11-9-14)13-22-18(24)20(2,3)19(25)23-17-7-5-4-6-16(17)12-21/h4-11H,13H2,1-3H3,(H,22,24)(H,23,25). The maximum Gasteiger partial charge on any atom is 0.239 e. The fourth-order valence-corrected chi connectivity index (χ4v) is 2.18. The number of rotatable bonds is 5. The maximum absolute atomic E-state index is 12.5. The summed E-state index contributed by atoms with van der Waals surface area (Å²) in [5, 5.41) is 14.5. The normalized spacial score (nSPS) is 10.6. The average Bonchev–Trinajstić information content (AvgIpc) is 2.61. The van der Waals surface area contributed by atoms with Crippen molar-refractivity contribution in [2.75, 3.05) is 5.32 Å². The van der Waals surface area contributed by atoms with E-state index >= 15 is 0 Å². The highest BCUT2D eigenvalue weighted by Crippen LogP contribution is 2.21. The summed E-state index contributed by atoms with van der Waals surface area (Å²) in [4.78, 5) is 25.0. The van der Waals surface area contributed by atoms with Crippen LogP contribution in [-0.4, -0.2) is 11.8 Å². The number of para-hydroxylation sites is 1. The van der Waals surface area contributed by atoms with Crippen molar-refractivity contribution in [2.45, 2.75) is 27.3 Å². The molecule has 0 atom stereocenters. The van der Waals surface area contributed by atoms with Gasteiger partial charge in [0.05, 0.1) is 11.3 Å². The number of nitriles is 1. The van der Waals surface area contributed by atoms with Gasteiger partial charge in [-0.25, -0.2) is 0 Å². The van der Waals surface area contributed by atoms with Crippen LogP contribution in [-0.2, 0) is 16.1 Å². The minimum absolute atomic E-state index is 0.352. The number of amides is 2. The van der Waals surface area contributed by atoms with E-state index in [2.05, 4.69) is 10.6 Å². The third-order valence-corrected chi connectivity index (χ3v) is 4.00. The first-order valence-corrected chi connectivity index (χ1v) is 7.99. The van der Waals surface area contributed by atoms with Crippen molar-refractivity contribution in [3.05, 3.63) is 65.2 Å². The molecule has 0 fully saturated rings. The summed E-state index contributed by atoms with van der Waals surface area (Å²) in [5.74, 6) is -0.836. The molecule has 2 aromatic carbocycles. The zero-order valence-corrected chi connectivity index (χ0v) is 14.6. The van der Waals surface area contributed by atoms with E-state index in [0.29, 0.717) is 17.8 Å². The largest absolute Gasteiger partial charge is 0.351 e. The molecule has 0 spiro atoms. The van der Waals surface area contributed by atoms with Crippen LogP contribution in [0.25, 0.3) is 0 Å². The average molecular weight is 335 g/mol. The van der Waals surface area contributed by atoms with Gasteiger partial charge in [-0.15, -0.1) is 0 Å². The molecular formula is C20H21N3O2. The molecule has 2 amide bonds. The van der Waals surface area contributed by atoms with Crippen LogP contribution in [0.15, 0.2) is 48.5 Å². The molecule has 0 aliphatic rings. The number of nitrogens with zero attached hydrogens (tertiary/aromatic N) is 1. The molecule has 25 heavy (non-hydrogen) atoms. The van der Waals surface area contributed by atoms with Gasteiger partial charge in [0.1, 0.15) is 11.5 Å². The Morgan fingerprint density at radius 2 is 1.68 bits per heavy atom. The molecule has 0 aliphatic heterocycles. The van der Waals surface area contributed by atoms with Crippen LogP contribution >= 0.6 is 0 Å². The maximum atomic E-state index is 12.5. The van der Waals surface area contributed by atoms with Crippen molar-refractivity contribution in [2.24, 2.45) is 5.41 Å². The monoisotopic (exact) mass is 335 g/mol. The van der Waals surface area contributed by atoms with Crippen LogP contribution in [0.1, 0.15) is 30.5 Å². The number of benzene rings is 2. The van der Waals surface area contributed by atoms with E-state index in [-0.39, 0.29) is 5.91 Å². The Bertz CT molecular complexity index is 818. The highest BCUT2D eigenvalue weighted by atomic mass is 16.2. The predicted molar refractivity (Wildman–Crippen MR) is 96.6 cm³/mol. The van der Waals surface area contributed by atoms with E-state index in [0.717, 1.165) is 11.1 Å². The molecule has 0 heterocycles. The third kappa shape index (κ3) is 4.45. The molecule has 0 radical (unpaired) electrons. The van der Waals surface area contributed by atoms with Crippen molar-refractivity contribution in [3.63, 3.8) is 0 Å². The lowest BCUT2D eigenvalue weighted by atomic mass is 9.90. The second-order valence-corrected chi connectivity index (χ2v) is 6.40. The summed E-state index contributed by atoms with van der Waals surface area (Å²) in [6.07, 6.45) is 0. The molecule has 5 nitrogen and oxygen atoms in total. The molecule has 0 aromatic heterocycles. The van der Waals surface area contributed by atoms with Crippen LogP contribution < -0.4 is 10.6 Å². The minimum Gasteiger partial charge on any atom is -0.351 e. The first-order chi connectivity index (χ1) is 11.8. The smallest absolute Gasteiger partial charge is 0.239 e. The Kier molecular flexibility index (Phi) is 5.56. The van der Waals surface area contributed by atoms with Gasteiger partial charge in [-0.05, 0) is 38.5 Å². The van der Waals surface area contributed by atoms with Crippen molar-refractivity contribution < 1.29 is 9.59 Å². The highest BCUT2D eigenvalue weighted by Gasteiger charge is 2.36. The molecule has 2 aromatic rings. The van der Waals surface area contributed by atoms with Crippen LogP contribution in [0, 0.1) is 23.7 Å². The summed E-state index contributed by atoms with van der Waals surface area (Å²) in [7, 11) is 0. The molecule has 2 N–H and O–H groups in total. The Balaban J connectivity index is 2.03. The van der Waals surface area contributed by atoms with E-state index in [9.17, 15) is 9.59 Å². The quantitative estimate of drug-likeness (QED) is 0.824. The molecular weight excluding hydrogens is 314 g/mol. The molecule has 0 saturated heterocycles. The lowest BCUT2D eigenvalue weighted by molar-refractivity contribution is -0.138. The van der Waals surface area contributed by atoms with Gasteiger partial charge in [0.25, 0.3) is 0 Å². The first kappa shape index (κ1) is 18.2. The van der Waals surface area contributed by atoms with Crippen molar-refractivity contribution in [3.8, 4) is 6.07 Å². The van der Waals surface area contributed by atoms with Crippen LogP contribution in [0.5, 0.6) is 0 Å². The van der Waals surface area contributed by atoms with E-state index in [1.165, 1.54) is 0 Å². The van der Waals surface area contributed by atoms with Crippen LogP contribution in [0.3, 0.4) is 0 Å². The SMILES string of the molecule is Cc1ccc(CNC(=O)C(C)(C)C(=O)Nc2ccccc2C#N)cc1. The molecule has 128 valence electrons. The van der Waals surface area contributed by atoms with Gasteiger partial charge in [-0.3, -0.25) is 9.59 Å². The number of carbonyl (C=O) groups is 2. The molecule has 2 rings (SSSR count). The number of anilines is 1. The summed E-state index contributed by atoms with van der Waals surface area (Å²) in [6, 6.07) is 16.5. The second-order valence-electron chi connectivity index (χ2n) is 6.40. The van der Waals surface area contributed by atoms with Crippen LogP contribution in [0.4, 0.5) is 5.69 Å². The summed E-state index contributed by atoms with van der Waals surface area (Å²) < 4.78 is 0. The zero-order chi connectivity index (χ0) is 18.4. The minimum atomic E-state index is -1.27. The Morgan fingerprint density at radius 1 is 1.04 bits per heavy atom. The topological polar surface area (TPSA) is 82.0 Å². The van der Waals surface area contributed by atoms with Gasteiger partial charge in [0.2, 0.25) is 11.8 Å². The Morgan fingerprint density at radius 3 is 2.32 bits per heavy atom. The summed E-state index contributed by atoms with van der Waals surface area (Å²) in [5.41, 5.74) is 1.59. The molecule has 0 unspecified atom stereocenters. The summed E-state index contributed by atoms with van der Waals surface area (Å²) in [6.45, 7) is 5.46. The van der Waals surface area contributed by atoms with Gasteiger partial charge in [-0.1, -0.05) is 42.0 Å². The zero-order valence-electron chi connectivity index (χ0n) is 14.6. The van der Waals surface area contributed by atoms with E-state index in [4.69, 9.17) is 5.26 Å². The van der Waals surface area contributed by atoms with Crippen molar-refractivity contribution in [1.82, 2.24) is 5.32 Å². The number of aryl methyl sites for hydroxylation is 1. The second kappa shape index (κ2) is 7.63. The lowest BCUT2D eigenvalue weighted by Gasteiger charge is -2.23. The van der Waals surface area contributed by atoms with E-state index in [1.807, 2.05) is 37.3 Å². The highest BCUT2D eigenvalue weighted by molar-refractivity contribution is 6.10. The Hall–Kier alpha value is -3.13. The van der Waals surface area contributed by atoms with Gasteiger partial charge in [0.15, 0.2) is 0 Å². The van der Waals surface area contributed by atoms with Gasteiger partial charge in [-0.2, -0.15) is 5.26 Å². The number of nitrogens with one attached hydrogen (secondary N) is 2. The Labute approximate surface area is 147 Å². The number of hydrogen-bond acceptors (Lipinski definition) is 3. The number of carbonyl (C=O) groups excluding carboxylic acids is 2. The van der Waals surface area contributed by atoms with E-state index < -0.39 is 11.3 Å². The summed E-state index contributed by atoms with van der Waals surface area (Å²) >= 11 is 0. The van der Waals surface area contributed by atoms with Crippen molar-refractivity contribution >= 4 is 17.5 Å². The van der Waals surface area contributed by atoms with Gasteiger partial charge < -0.3 is 10.6 Å². The first-order valence-electron chi connectivity index (χ1n) is 7.99. The molecule has 0 aliphatic carbocycles. The lowest BCUT2D eigenvalue weighted by Crippen LogP contribution is -2.45. The fourth-order valence-electron chi connectivity index (χ4n) is 2.18. The van der Waals surface area contributed by atoms with E-state index in [1.54, 1.807) is 38.1 Å². The predicted octanol–water partition coefficient (Wildman–Crippen LogP) is 3.15.